The topological polar surface area (TPSA) is 90.0 Å². The molecule has 94 valence electrons. The largest absolute Gasteiger partial charge is 0.351 e. The van der Waals surface area contributed by atoms with Gasteiger partial charge in [0, 0.05) is 0 Å². The molecule has 0 unspecified atom stereocenters. The Kier molecular flexibility index (Phi) is 3.01. The molecular weight excluding hydrogens is 232 g/mol. The highest BCUT2D eigenvalue weighted by Gasteiger charge is 2.09. The van der Waals surface area contributed by atoms with Crippen LogP contribution in [0.4, 0.5) is 4.79 Å². The van der Waals surface area contributed by atoms with Crippen LogP contribution in [-0.2, 0) is 11.3 Å². The summed E-state index contributed by atoms with van der Waals surface area (Å²) in [5, 5.41) is 2.02. The lowest BCUT2D eigenvalue weighted by molar-refractivity contribution is -0.120. The van der Waals surface area contributed by atoms with Crippen molar-refractivity contribution < 1.29 is 9.59 Å². The van der Waals surface area contributed by atoms with Crippen LogP contribution in [0.3, 0.4) is 0 Å². The molecule has 0 spiro atoms. The van der Waals surface area contributed by atoms with Crippen molar-refractivity contribution in [1.29, 1.82) is 0 Å². The average Bonchev–Trinajstić information content (AvgIpc) is 2.61. The van der Waals surface area contributed by atoms with Crippen LogP contribution in [0.5, 0.6) is 0 Å². The number of nitrogens with two attached hydrogens (primary N) is 1. The number of urea groups is 1. The first kappa shape index (κ1) is 12.1. The number of carbonyl (C=O) groups is 2. The van der Waals surface area contributed by atoms with Gasteiger partial charge in [0.25, 0.3) is 0 Å². The Bertz CT molecular complexity index is 630. The van der Waals surface area contributed by atoms with Gasteiger partial charge < -0.3 is 10.3 Å². The minimum atomic E-state index is -0.851. The Morgan fingerprint density at radius 2 is 2.00 bits per heavy atom. The summed E-state index contributed by atoms with van der Waals surface area (Å²) in [5.41, 5.74) is 8.84. The summed E-state index contributed by atoms with van der Waals surface area (Å²) in [5.74, 6) is -0.458. The molecule has 0 aliphatic heterocycles. The summed E-state index contributed by atoms with van der Waals surface area (Å²) in [4.78, 5) is 26.2. The van der Waals surface area contributed by atoms with Gasteiger partial charge in [0.2, 0.25) is 5.91 Å². The highest BCUT2D eigenvalue weighted by molar-refractivity contribution is 5.94. The summed E-state index contributed by atoms with van der Waals surface area (Å²) in [6.07, 6.45) is 1.57. The van der Waals surface area contributed by atoms with Crippen molar-refractivity contribution in [3.05, 3.63) is 29.6 Å². The molecule has 1 heterocycles. The predicted molar refractivity (Wildman–Crippen MR) is 66.9 cm³/mol. The van der Waals surface area contributed by atoms with Gasteiger partial charge in [0.1, 0.15) is 6.54 Å². The minimum absolute atomic E-state index is 0.0158. The zero-order valence-electron chi connectivity index (χ0n) is 10.2. The molecule has 1 aromatic heterocycles. The highest BCUT2D eigenvalue weighted by atomic mass is 16.2. The summed E-state index contributed by atoms with van der Waals surface area (Å²) >= 11 is 0. The number of carbonyl (C=O) groups excluding carboxylic acids is 2. The smallest absolute Gasteiger partial charge is 0.318 e. The number of nitrogens with zero attached hydrogens (tertiary/aromatic N) is 2. The summed E-state index contributed by atoms with van der Waals surface area (Å²) in [6.45, 7) is 4.02. The van der Waals surface area contributed by atoms with E-state index >= 15 is 0 Å². The molecule has 6 nitrogen and oxygen atoms in total. The van der Waals surface area contributed by atoms with Crippen LogP contribution in [0.25, 0.3) is 11.0 Å². The lowest BCUT2D eigenvalue weighted by Gasteiger charge is -2.05. The number of imidazole rings is 1. The highest BCUT2D eigenvalue weighted by Crippen LogP contribution is 2.18. The Morgan fingerprint density at radius 3 is 2.67 bits per heavy atom. The molecule has 18 heavy (non-hydrogen) atoms. The van der Waals surface area contributed by atoms with E-state index < -0.39 is 11.9 Å². The molecule has 0 fully saturated rings. The molecule has 0 saturated heterocycles. The van der Waals surface area contributed by atoms with Crippen molar-refractivity contribution in [1.82, 2.24) is 14.9 Å². The van der Waals surface area contributed by atoms with E-state index in [0.717, 1.165) is 22.2 Å². The van der Waals surface area contributed by atoms with Crippen molar-refractivity contribution >= 4 is 23.0 Å². The fraction of sp³-hybridized carbons (Fsp3) is 0.250. The van der Waals surface area contributed by atoms with Crippen LogP contribution in [0, 0.1) is 13.8 Å². The van der Waals surface area contributed by atoms with Crippen molar-refractivity contribution in [2.45, 2.75) is 20.4 Å². The van der Waals surface area contributed by atoms with Gasteiger partial charge in [-0.05, 0) is 37.1 Å². The van der Waals surface area contributed by atoms with Crippen LogP contribution in [0.2, 0.25) is 0 Å². The number of hydrogen-bond acceptors (Lipinski definition) is 3. The van der Waals surface area contributed by atoms with Gasteiger partial charge >= 0.3 is 6.03 Å². The number of rotatable bonds is 2. The molecule has 2 aromatic rings. The SMILES string of the molecule is Cc1cc2ncn(CC(=O)NC(N)=O)c2cc1C. The van der Waals surface area contributed by atoms with Gasteiger partial charge in [-0.2, -0.15) is 0 Å². The van der Waals surface area contributed by atoms with E-state index in [1.54, 1.807) is 10.9 Å². The maximum atomic E-state index is 11.5. The third-order valence-electron chi connectivity index (χ3n) is 2.81. The Morgan fingerprint density at radius 1 is 1.33 bits per heavy atom. The second-order valence-electron chi connectivity index (χ2n) is 4.21. The van der Waals surface area contributed by atoms with Crippen LogP contribution in [-0.4, -0.2) is 21.5 Å². The van der Waals surface area contributed by atoms with Gasteiger partial charge in [-0.1, -0.05) is 0 Å². The van der Waals surface area contributed by atoms with E-state index in [9.17, 15) is 9.59 Å². The van der Waals surface area contributed by atoms with Crippen molar-refractivity contribution in [3.8, 4) is 0 Å². The Labute approximate surface area is 104 Å². The lowest BCUT2D eigenvalue weighted by Crippen LogP contribution is -2.37. The molecule has 0 atom stereocenters. The third-order valence-corrected chi connectivity index (χ3v) is 2.81. The van der Waals surface area contributed by atoms with Crippen LogP contribution in [0.15, 0.2) is 18.5 Å². The summed E-state index contributed by atoms with van der Waals surface area (Å²) in [6, 6.07) is 3.08. The fourth-order valence-electron chi connectivity index (χ4n) is 1.77. The number of amides is 3. The normalized spacial score (nSPS) is 10.6. The van der Waals surface area contributed by atoms with E-state index in [1.807, 2.05) is 31.3 Å². The molecule has 3 N–H and O–H groups in total. The van der Waals surface area contributed by atoms with Gasteiger partial charge in [-0.15, -0.1) is 0 Å². The molecule has 2 rings (SSSR count). The number of primary amides is 1. The van der Waals surface area contributed by atoms with Gasteiger partial charge in [-0.25, -0.2) is 9.78 Å². The molecular formula is C12H14N4O2. The zero-order chi connectivity index (χ0) is 13.3. The number of imide groups is 1. The van der Waals surface area contributed by atoms with E-state index in [-0.39, 0.29) is 6.54 Å². The van der Waals surface area contributed by atoms with E-state index in [4.69, 9.17) is 5.73 Å². The van der Waals surface area contributed by atoms with Gasteiger partial charge in [-0.3, -0.25) is 10.1 Å². The van der Waals surface area contributed by atoms with Gasteiger partial charge in [0.15, 0.2) is 0 Å². The number of aryl methyl sites for hydroxylation is 2. The summed E-state index contributed by atoms with van der Waals surface area (Å²) < 4.78 is 1.68. The molecule has 0 saturated carbocycles. The first-order chi connectivity index (χ1) is 8.47. The van der Waals surface area contributed by atoms with E-state index in [0.29, 0.717) is 0 Å². The number of aromatic nitrogens is 2. The van der Waals surface area contributed by atoms with Gasteiger partial charge in [0.05, 0.1) is 17.4 Å². The standard InChI is InChI=1S/C12H14N4O2/c1-7-3-9-10(4-8(7)2)16(6-14-9)5-11(17)15-12(13)18/h3-4,6H,5H2,1-2H3,(H3,13,15,17,18). The van der Waals surface area contributed by atoms with Crippen LogP contribution < -0.4 is 11.1 Å². The first-order valence-electron chi connectivity index (χ1n) is 5.49. The maximum Gasteiger partial charge on any atom is 0.318 e. The monoisotopic (exact) mass is 246 g/mol. The molecule has 6 heteroatoms. The molecule has 3 amide bonds. The fourth-order valence-corrected chi connectivity index (χ4v) is 1.77. The molecule has 1 aromatic carbocycles. The van der Waals surface area contributed by atoms with Crippen LogP contribution in [0.1, 0.15) is 11.1 Å². The number of fused-ring (bicyclic) bond motifs is 1. The molecule has 0 bridgehead atoms. The summed E-state index contributed by atoms with van der Waals surface area (Å²) in [7, 11) is 0. The Balaban J connectivity index is 2.32. The van der Waals surface area contributed by atoms with Crippen molar-refractivity contribution in [2.24, 2.45) is 5.73 Å². The first-order valence-corrected chi connectivity index (χ1v) is 5.49. The maximum absolute atomic E-state index is 11.5. The zero-order valence-corrected chi connectivity index (χ0v) is 10.2. The quantitative estimate of drug-likeness (QED) is 0.823. The minimum Gasteiger partial charge on any atom is -0.351 e. The van der Waals surface area contributed by atoms with Crippen LogP contribution >= 0.6 is 0 Å². The number of hydrogen-bond donors (Lipinski definition) is 2. The van der Waals surface area contributed by atoms with E-state index in [2.05, 4.69) is 4.98 Å². The number of benzene rings is 1. The second kappa shape index (κ2) is 4.48. The predicted octanol–water partition coefficient (Wildman–Crippen LogP) is 0.848. The average molecular weight is 246 g/mol. The third kappa shape index (κ3) is 2.32. The van der Waals surface area contributed by atoms with Crippen molar-refractivity contribution in [3.63, 3.8) is 0 Å². The molecule has 0 aliphatic carbocycles. The van der Waals surface area contributed by atoms with Crippen molar-refractivity contribution in [2.75, 3.05) is 0 Å². The lowest BCUT2D eigenvalue weighted by atomic mass is 10.1. The Hall–Kier alpha value is -2.37. The molecule has 0 radical (unpaired) electrons. The molecule has 0 aliphatic rings. The second-order valence-corrected chi connectivity index (χ2v) is 4.21. The van der Waals surface area contributed by atoms with E-state index in [1.165, 1.54) is 0 Å². The number of nitrogens with one attached hydrogen (secondary N) is 1.